The lowest BCUT2D eigenvalue weighted by atomic mass is 10.1. The molecule has 0 saturated carbocycles. The zero-order valence-electron chi connectivity index (χ0n) is 11.4. The summed E-state index contributed by atoms with van der Waals surface area (Å²) in [5.74, 6) is -2.59. The van der Waals surface area contributed by atoms with Gasteiger partial charge < -0.3 is 4.74 Å². The summed E-state index contributed by atoms with van der Waals surface area (Å²) >= 11 is 0. The maximum Gasteiger partial charge on any atom is 0.331 e. The predicted molar refractivity (Wildman–Crippen MR) is 76.3 cm³/mol. The zero-order valence-corrected chi connectivity index (χ0v) is 11.4. The predicted octanol–water partition coefficient (Wildman–Crippen LogP) is 3.59. The molecule has 2 aromatic carbocycles. The van der Waals surface area contributed by atoms with Gasteiger partial charge in [0.2, 0.25) is 0 Å². The Hall–Kier alpha value is -3.00. The smallest absolute Gasteiger partial charge is 0.331 e. The van der Waals surface area contributed by atoms with Crippen molar-refractivity contribution in [3.63, 3.8) is 0 Å². The largest absolute Gasteiger partial charge is 0.458 e. The van der Waals surface area contributed by atoms with Crippen molar-refractivity contribution < 1.29 is 18.3 Å². The molecule has 2 aromatic rings. The number of carbonyl (C=O) groups excluding carboxylic acids is 1. The molecule has 0 fully saturated rings. The molecule has 5 heteroatoms. The van der Waals surface area contributed by atoms with Gasteiger partial charge in [-0.05, 0) is 23.8 Å². The first-order valence-electron chi connectivity index (χ1n) is 6.38. The molecule has 0 unspecified atom stereocenters. The topological polar surface area (TPSA) is 50.1 Å². The molecule has 2 rings (SSSR count). The Morgan fingerprint density at radius 1 is 1.18 bits per heavy atom. The van der Waals surface area contributed by atoms with Gasteiger partial charge >= 0.3 is 5.97 Å². The quantitative estimate of drug-likeness (QED) is 0.640. The molecule has 0 aliphatic heterocycles. The van der Waals surface area contributed by atoms with E-state index in [1.54, 1.807) is 30.3 Å². The first-order chi connectivity index (χ1) is 10.6. The summed E-state index contributed by atoms with van der Waals surface area (Å²) in [7, 11) is 0. The fourth-order valence-corrected chi connectivity index (χ4v) is 1.74. The van der Waals surface area contributed by atoms with Crippen LogP contribution in [0.1, 0.15) is 16.7 Å². The van der Waals surface area contributed by atoms with E-state index in [-0.39, 0.29) is 12.2 Å². The highest BCUT2D eigenvalue weighted by Crippen LogP contribution is 2.18. The molecule has 0 bridgehead atoms. The van der Waals surface area contributed by atoms with Gasteiger partial charge in [-0.2, -0.15) is 5.26 Å². The van der Waals surface area contributed by atoms with Crippen molar-refractivity contribution in [1.82, 2.24) is 0 Å². The van der Waals surface area contributed by atoms with Crippen LogP contribution in [0.3, 0.4) is 0 Å². The Labute approximate surface area is 126 Å². The Bertz CT molecular complexity index is 749. The van der Waals surface area contributed by atoms with E-state index in [4.69, 9.17) is 10.00 Å². The molecule has 0 heterocycles. The van der Waals surface area contributed by atoms with Crippen LogP contribution in [0.15, 0.2) is 48.5 Å². The molecule has 0 amide bonds. The first kappa shape index (κ1) is 15.4. The van der Waals surface area contributed by atoms with E-state index in [9.17, 15) is 13.6 Å². The average molecular weight is 299 g/mol. The lowest BCUT2D eigenvalue weighted by Crippen LogP contribution is -2.01. The fraction of sp³-hybridized carbons (Fsp3) is 0.0588. The van der Waals surface area contributed by atoms with Gasteiger partial charge in [-0.15, -0.1) is 0 Å². The summed E-state index contributed by atoms with van der Waals surface area (Å²) in [6.07, 6.45) is 1.88. The molecule has 22 heavy (non-hydrogen) atoms. The molecule has 110 valence electrons. The second-order valence-corrected chi connectivity index (χ2v) is 4.36. The van der Waals surface area contributed by atoms with E-state index in [0.717, 1.165) is 29.8 Å². The Morgan fingerprint density at radius 2 is 1.91 bits per heavy atom. The number of nitrogens with zero attached hydrogens (tertiary/aromatic N) is 1. The van der Waals surface area contributed by atoms with Crippen molar-refractivity contribution in [2.24, 2.45) is 0 Å². The molecule has 0 radical (unpaired) electrons. The maximum atomic E-state index is 13.8. The highest BCUT2D eigenvalue weighted by atomic mass is 19.1. The van der Waals surface area contributed by atoms with Crippen LogP contribution in [0.25, 0.3) is 6.08 Å². The average Bonchev–Trinajstić information content (AvgIpc) is 2.54. The van der Waals surface area contributed by atoms with E-state index < -0.39 is 23.2 Å². The monoisotopic (exact) mass is 299 g/mol. The Morgan fingerprint density at radius 3 is 2.59 bits per heavy atom. The normalized spacial score (nSPS) is 10.4. The summed E-state index contributed by atoms with van der Waals surface area (Å²) < 4.78 is 32.2. The number of nitriles is 1. The lowest BCUT2D eigenvalue weighted by Gasteiger charge is -2.03. The molecule has 0 aliphatic carbocycles. The fourth-order valence-electron chi connectivity index (χ4n) is 1.74. The maximum absolute atomic E-state index is 13.8. The van der Waals surface area contributed by atoms with Crippen LogP contribution >= 0.6 is 0 Å². The summed E-state index contributed by atoms with van der Waals surface area (Å²) in [5, 5.41) is 8.69. The molecule has 0 atom stereocenters. The minimum absolute atomic E-state index is 0.0627. The highest BCUT2D eigenvalue weighted by molar-refractivity contribution is 5.87. The lowest BCUT2D eigenvalue weighted by molar-refractivity contribution is -0.138. The van der Waals surface area contributed by atoms with Gasteiger partial charge in [0, 0.05) is 11.6 Å². The third-order valence-corrected chi connectivity index (χ3v) is 2.86. The van der Waals surface area contributed by atoms with Crippen molar-refractivity contribution in [1.29, 1.82) is 5.26 Å². The van der Waals surface area contributed by atoms with E-state index >= 15 is 0 Å². The second kappa shape index (κ2) is 7.14. The van der Waals surface area contributed by atoms with Gasteiger partial charge in [0.1, 0.15) is 18.5 Å². The first-order valence-corrected chi connectivity index (χ1v) is 6.38. The molecule has 0 saturated heterocycles. The van der Waals surface area contributed by atoms with Gasteiger partial charge in [0.05, 0.1) is 5.56 Å². The van der Waals surface area contributed by atoms with Gasteiger partial charge in [-0.3, -0.25) is 0 Å². The summed E-state index contributed by atoms with van der Waals surface area (Å²) in [4.78, 5) is 11.5. The van der Waals surface area contributed by atoms with Crippen LogP contribution in [0, 0.1) is 23.0 Å². The number of hydrogen-bond donors (Lipinski definition) is 0. The molecule has 3 nitrogen and oxygen atoms in total. The van der Waals surface area contributed by atoms with Gasteiger partial charge in [0.15, 0.2) is 5.82 Å². The Balaban J connectivity index is 2.06. The number of benzene rings is 2. The van der Waals surface area contributed by atoms with Crippen molar-refractivity contribution in [3.8, 4) is 6.07 Å². The summed E-state index contributed by atoms with van der Waals surface area (Å²) in [6.45, 7) is 0.0627. The van der Waals surface area contributed by atoms with E-state index in [0.29, 0.717) is 0 Å². The van der Waals surface area contributed by atoms with Crippen molar-refractivity contribution in [2.45, 2.75) is 6.61 Å². The number of hydrogen-bond acceptors (Lipinski definition) is 3. The zero-order chi connectivity index (χ0) is 15.9. The van der Waals surface area contributed by atoms with E-state index in [2.05, 4.69) is 0 Å². The van der Waals surface area contributed by atoms with Crippen molar-refractivity contribution in [2.75, 3.05) is 0 Å². The van der Waals surface area contributed by atoms with Crippen molar-refractivity contribution in [3.05, 3.63) is 76.9 Å². The number of ether oxygens (including phenoxy) is 1. The third kappa shape index (κ3) is 3.76. The number of rotatable bonds is 4. The van der Waals surface area contributed by atoms with Crippen LogP contribution in [0.5, 0.6) is 0 Å². The van der Waals surface area contributed by atoms with Crippen LogP contribution in [0.4, 0.5) is 8.78 Å². The van der Waals surface area contributed by atoms with Crippen LogP contribution < -0.4 is 0 Å². The molecule has 0 spiro atoms. The molecule has 0 N–H and O–H groups in total. The highest BCUT2D eigenvalue weighted by Gasteiger charge is 2.11. The van der Waals surface area contributed by atoms with E-state index in [1.807, 2.05) is 6.07 Å². The summed E-state index contributed by atoms with van der Waals surface area (Å²) in [6, 6.07) is 12.6. The molecular weight excluding hydrogens is 288 g/mol. The third-order valence-electron chi connectivity index (χ3n) is 2.86. The Kier molecular flexibility index (Phi) is 4.99. The number of carbonyl (C=O) groups is 1. The number of halogens is 2. The molecular formula is C17H11F2NO2. The molecule has 0 aromatic heterocycles. The van der Waals surface area contributed by atoms with Gasteiger partial charge in [0.25, 0.3) is 0 Å². The SMILES string of the molecule is N#Cc1ccc(F)c(/C=C/C(=O)OCc2ccccc2)c1F. The van der Waals surface area contributed by atoms with Gasteiger partial charge in [-0.1, -0.05) is 30.3 Å². The van der Waals surface area contributed by atoms with Crippen LogP contribution in [-0.4, -0.2) is 5.97 Å². The molecule has 0 aliphatic rings. The van der Waals surface area contributed by atoms with Gasteiger partial charge in [-0.25, -0.2) is 13.6 Å². The summed E-state index contributed by atoms with van der Waals surface area (Å²) in [5.41, 5.74) is 0.0579. The standard InChI is InChI=1S/C17H11F2NO2/c18-15-8-6-13(10-20)17(19)14(15)7-9-16(21)22-11-12-4-2-1-3-5-12/h1-9H,11H2/b9-7+. The van der Waals surface area contributed by atoms with Crippen molar-refractivity contribution >= 4 is 12.0 Å². The minimum Gasteiger partial charge on any atom is -0.458 e. The van der Waals surface area contributed by atoms with Crippen LogP contribution in [0.2, 0.25) is 0 Å². The van der Waals surface area contributed by atoms with E-state index in [1.165, 1.54) is 0 Å². The minimum atomic E-state index is -1.00. The second-order valence-electron chi connectivity index (χ2n) is 4.36. The van der Waals surface area contributed by atoms with Crippen LogP contribution in [-0.2, 0) is 16.1 Å². The number of esters is 1.